The molecule has 0 aromatic rings. The molecule has 1 amide bonds. The molecule has 1 atom stereocenters. The molecule has 17 heavy (non-hydrogen) atoms. The van der Waals surface area contributed by atoms with Crippen molar-refractivity contribution < 1.29 is 23.1 Å². The predicted octanol–water partition coefficient (Wildman–Crippen LogP) is -0.0113. The van der Waals surface area contributed by atoms with Gasteiger partial charge in [-0.3, -0.25) is 4.79 Å². The summed E-state index contributed by atoms with van der Waals surface area (Å²) >= 11 is 0. The van der Waals surface area contributed by atoms with E-state index in [0.29, 0.717) is 0 Å². The molecule has 0 spiro atoms. The fraction of sp³-hybridized carbons (Fsp3) is 0.800. The van der Waals surface area contributed by atoms with Crippen molar-refractivity contribution in [1.29, 1.82) is 0 Å². The van der Waals surface area contributed by atoms with E-state index in [4.69, 9.17) is 5.11 Å². The van der Waals surface area contributed by atoms with Gasteiger partial charge in [-0.1, -0.05) is 20.8 Å². The normalized spacial score (nSPS) is 14.2. The molecular weight excluding hydrogens is 246 g/mol. The summed E-state index contributed by atoms with van der Waals surface area (Å²) in [6.45, 7) is 4.93. The first-order chi connectivity index (χ1) is 7.36. The molecular formula is C10H19NO5S. The van der Waals surface area contributed by atoms with Crippen LogP contribution in [0.5, 0.6) is 0 Å². The van der Waals surface area contributed by atoms with Gasteiger partial charge in [0.05, 0.1) is 5.75 Å². The minimum Gasteiger partial charge on any atom is -0.480 e. The van der Waals surface area contributed by atoms with Crippen molar-refractivity contribution in [2.24, 2.45) is 5.41 Å². The van der Waals surface area contributed by atoms with E-state index in [1.54, 1.807) is 20.8 Å². The van der Waals surface area contributed by atoms with Crippen LogP contribution in [0.3, 0.4) is 0 Å². The van der Waals surface area contributed by atoms with E-state index < -0.39 is 38.9 Å². The highest BCUT2D eigenvalue weighted by molar-refractivity contribution is 7.90. The Balaban J connectivity index is 5.11. The number of carbonyl (C=O) groups is 2. The highest BCUT2D eigenvalue weighted by Crippen LogP contribution is 2.18. The van der Waals surface area contributed by atoms with Crippen LogP contribution in [0.2, 0.25) is 0 Å². The van der Waals surface area contributed by atoms with Crippen LogP contribution in [0.15, 0.2) is 0 Å². The first-order valence-corrected chi connectivity index (χ1v) is 7.10. The monoisotopic (exact) mass is 265 g/mol. The molecule has 0 fully saturated rings. The minimum atomic E-state index is -3.47. The molecule has 0 radical (unpaired) electrons. The third-order valence-corrected chi connectivity index (χ3v) is 3.10. The van der Waals surface area contributed by atoms with Gasteiger partial charge in [0.2, 0.25) is 5.91 Å². The molecule has 0 rings (SSSR count). The van der Waals surface area contributed by atoms with Crippen molar-refractivity contribution in [3.8, 4) is 0 Å². The van der Waals surface area contributed by atoms with Gasteiger partial charge in [0.1, 0.15) is 15.9 Å². The molecule has 1 unspecified atom stereocenters. The van der Waals surface area contributed by atoms with Gasteiger partial charge in [0.15, 0.2) is 0 Å². The third-order valence-electron chi connectivity index (χ3n) is 2.18. The van der Waals surface area contributed by atoms with Crippen molar-refractivity contribution in [2.45, 2.75) is 26.8 Å². The molecule has 0 bridgehead atoms. The summed E-state index contributed by atoms with van der Waals surface area (Å²) in [5, 5.41) is 8.96. The molecule has 7 heteroatoms. The highest BCUT2D eigenvalue weighted by Gasteiger charge is 2.34. The van der Waals surface area contributed by atoms with Crippen molar-refractivity contribution >= 4 is 21.7 Å². The van der Waals surface area contributed by atoms with E-state index in [1.165, 1.54) is 7.05 Å². The largest absolute Gasteiger partial charge is 0.480 e. The number of carboxylic acids is 1. The Labute approximate surface area is 102 Å². The maximum absolute atomic E-state index is 11.9. The number of rotatable bonds is 4. The second kappa shape index (κ2) is 5.03. The number of hydrogen-bond donors (Lipinski definition) is 1. The molecule has 1 N–H and O–H groups in total. The molecule has 6 nitrogen and oxygen atoms in total. The van der Waals surface area contributed by atoms with Gasteiger partial charge < -0.3 is 10.0 Å². The number of nitrogens with zero attached hydrogens (tertiary/aromatic N) is 1. The van der Waals surface area contributed by atoms with Crippen LogP contribution in [0.25, 0.3) is 0 Å². The van der Waals surface area contributed by atoms with Gasteiger partial charge in [-0.2, -0.15) is 0 Å². The van der Waals surface area contributed by atoms with Crippen LogP contribution in [0, 0.1) is 5.41 Å². The summed E-state index contributed by atoms with van der Waals surface area (Å²) < 4.78 is 22.2. The van der Waals surface area contributed by atoms with Crippen LogP contribution in [0.4, 0.5) is 0 Å². The van der Waals surface area contributed by atoms with Crippen LogP contribution in [-0.2, 0) is 19.4 Å². The number of hydrogen-bond acceptors (Lipinski definition) is 4. The van der Waals surface area contributed by atoms with Crippen molar-refractivity contribution in [3.05, 3.63) is 0 Å². The molecule has 0 saturated carbocycles. The Kier molecular flexibility index (Phi) is 4.70. The standard InChI is InChI=1S/C10H19NO5S/c1-10(2,3)9(14)11(4)7(8(12)13)6-17(5,15)16/h7H,6H2,1-5H3,(H,12,13). The van der Waals surface area contributed by atoms with Crippen molar-refractivity contribution in [3.63, 3.8) is 0 Å². The zero-order chi connectivity index (χ0) is 14.0. The quantitative estimate of drug-likeness (QED) is 0.771. The first kappa shape index (κ1) is 15.9. The van der Waals surface area contributed by atoms with Gasteiger partial charge in [0.25, 0.3) is 0 Å². The van der Waals surface area contributed by atoms with Gasteiger partial charge in [-0.05, 0) is 0 Å². The number of carbonyl (C=O) groups excluding carboxylic acids is 1. The zero-order valence-electron chi connectivity index (χ0n) is 10.7. The SMILES string of the molecule is CN(C(=O)C(C)(C)C)C(CS(C)(=O)=O)C(=O)O. The van der Waals surface area contributed by atoms with Crippen molar-refractivity contribution in [1.82, 2.24) is 4.90 Å². The number of amides is 1. The lowest BCUT2D eigenvalue weighted by atomic mass is 9.94. The lowest BCUT2D eigenvalue weighted by Crippen LogP contribution is -2.50. The number of sulfone groups is 1. The Hall–Kier alpha value is -1.11. The van der Waals surface area contributed by atoms with Gasteiger partial charge in [0, 0.05) is 18.7 Å². The first-order valence-electron chi connectivity index (χ1n) is 5.04. The smallest absolute Gasteiger partial charge is 0.327 e. The molecule has 0 aliphatic heterocycles. The van der Waals surface area contributed by atoms with E-state index in [-0.39, 0.29) is 0 Å². The van der Waals surface area contributed by atoms with E-state index in [1.807, 2.05) is 0 Å². The second-order valence-corrected chi connectivity index (χ2v) is 7.30. The second-order valence-electron chi connectivity index (χ2n) is 5.11. The fourth-order valence-electron chi connectivity index (χ4n) is 1.31. The molecule has 0 aliphatic rings. The van der Waals surface area contributed by atoms with Crippen LogP contribution in [-0.4, -0.2) is 55.4 Å². The van der Waals surface area contributed by atoms with Gasteiger partial charge in [-0.15, -0.1) is 0 Å². The Morgan fingerprint density at radius 1 is 1.29 bits per heavy atom. The summed E-state index contributed by atoms with van der Waals surface area (Å²) in [5.74, 6) is -2.32. The Morgan fingerprint density at radius 3 is 1.94 bits per heavy atom. The lowest BCUT2D eigenvalue weighted by Gasteiger charge is -2.30. The van der Waals surface area contributed by atoms with Crippen LogP contribution < -0.4 is 0 Å². The molecule has 0 aromatic carbocycles. The third kappa shape index (κ3) is 5.16. The molecule has 0 saturated heterocycles. The fourth-order valence-corrected chi connectivity index (χ4v) is 2.25. The number of aliphatic carboxylic acids is 1. The summed E-state index contributed by atoms with van der Waals surface area (Å²) in [4.78, 5) is 23.8. The highest BCUT2D eigenvalue weighted by atomic mass is 32.2. The van der Waals surface area contributed by atoms with E-state index in [9.17, 15) is 18.0 Å². The topological polar surface area (TPSA) is 91.8 Å². The van der Waals surface area contributed by atoms with Gasteiger partial charge >= 0.3 is 5.97 Å². The average molecular weight is 265 g/mol. The Bertz CT molecular complexity index is 407. The number of carboxylic acid groups (broad SMARTS) is 1. The summed E-state index contributed by atoms with van der Waals surface area (Å²) in [7, 11) is -2.16. The maximum Gasteiger partial charge on any atom is 0.327 e. The van der Waals surface area contributed by atoms with Crippen LogP contribution >= 0.6 is 0 Å². The molecule has 0 heterocycles. The molecule has 100 valence electrons. The van der Waals surface area contributed by atoms with Crippen LogP contribution in [0.1, 0.15) is 20.8 Å². The minimum absolute atomic E-state index is 0.409. The van der Waals surface area contributed by atoms with E-state index in [2.05, 4.69) is 0 Å². The van der Waals surface area contributed by atoms with Crippen molar-refractivity contribution in [2.75, 3.05) is 19.1 Å². The Morgan fingerprint density at radius 2 is 1.71 bits per heavy atom. The summed E-state index contributed by atoms with van der Waals surface area (Å²) in [6.07, 6.45) is 0.943. The lowest BCUT2D eigenvalue weighted by molar-refractivity contribution is -0.151. The van der Waals surface area contributed by atoms with Gasteiger partial charge in [-0.25, -0.2) is 13.2 Å². The predicted molar refractivity (Wildman–Crippen MR) is 63.4 cm³/mol. The maximum atomic E-state index is 11.9. The average Bonchev–Trinajstić information content (AvgIpc) is 2.08. The number of likely N-dealkylation sites (N-methyl/N-ethyl adjacent to an activating group) is 1. The molecule has 0 aliphatic carbocycles. The van der Waals surface area contributed by atoms with E-state index in [0.717, 1.165) is 11.2 Å². The molecule has 0 aromatic heterocycles. The summed E-state index contributed by atoms with van der Waals surface area (Å²) in [5.41, 5.74) is -0.750. The van der Waals surface area contributed by atoms with E-state index >= 15 is 0 Å². The summed E-state index contributed by atoms with van der Waals surface area (Å²) in [6, 6.07) is -1.35. The zero-order valence-corrected chi connectivity index (χ0v) is 11.5.